The molecule has 1 aliphatic carbocycles. The summed E-state index contributed by atoms with van der Waals surface area (Å²) in [7, 11) is 1.80. The fourth-order valence-electron chi connectivity index (χ4n) is 4.62. The van der Waals surface area contributed by atoms with Crippen molar-refractivity contribution in [1.29, 1.82) is 0 Å². The Kier molecular flexibility index (Phi) is 7.04. The van der Waals surface area contributed by atoms with E-state index in [1.807, 2.05) is 32.0 Å². The number of rotatable bonds is 5. The highest BCUT2D eigenvalue weighted by Gasteiger charge is 2.31. The van der Waals surface area contributed by atoms with E-state index in [1.165, 1.54) is 18.3 Å². The number of anilines is 1. The molecule has 5 rings (SSSR count). The second kappa shape index (κ2) is 10.4. The minimum Gasteiger partial charge on any atom is -0.406 e. The van der Waals surface area contributed by atoms with Gasteiger partial charge in [0.15, 0.2) is 10.9 Å². The van der Waals surface area contributed by atoms with E-state index in [-0.39, 0.29) is 5.75 Å². The molecule has 0 bridgehead atoms. The van der Waals surface area contributed by atoms with E-state index in [0.29, 0.717) is 23.8 Å². The van der Waals surface area contributed by atoms with Gasteiger partial charge in [0.25, 0.3) is 0 Å². The molecule has 0 spiro atoms. The Morgan fingerprint density at radius 1 is 1.10 bits per heavy atom. The largest absolute Gasteiger partial charge is 0.573 e. The van der Waals surface area contributed by atoms with Crippen LogP contribution in [0, 0.1) is 13.8 Å². The highest BCUT2D eigenvalue weighted by Crippen LogP contribution is 2.38. The molecule has 0 saturated carbocycles. The Morgan fingerprint density at radius 3 is 2.51 bits per heavy atom. The maximum atomic E-state index is 12.5. The highest BCUT2D eigenvalue weighted by atomic mass is 32.1. The zero-order valence-corrected chi connectivity index (χ0v) is 22.1. The van der Waals surface area contributed by atoms with Crippen molar-refractivity contribution in [3.63, 3.8) is 0 Å². The van der Waals surface area contributed by atoms with Gasteiger partial charge in [0.2, 0.25) is 0 Å². The zero-order chi connectivity index (χ0) is 27.7. The number of nitrogens with zero attached hydrogens (tertiary/aromatic N) is 5. The number of halogens is 3. The number of ether oxygens (including phenoxy) is 1. The van der Waals surface area contributed by atoms with E-state index in [0.717, 1.165) is 50.6 Å². The summed E-state index contributed by atoms with van der Waals surface area (Å²) < 4.78 is 43.3. The first-order chi connectivity index (χ1) is 18.6. The lowest BCUT2D eigenvalue weighted by Gasteiger charge is -2.15. The molecule has 0 amide bonds. The third-order valence-corrected chi connectivity index (χ3v) is 6.52. The molecule has 1 aliphatic rings. The average molecular weight is 552 g/mol. The van der Waals surface area contributed by atoms with Gasteiger partial charge in [-0.05, 0) is 74.3 Å². The van der Waals surface area contributed by atoms with Crippen LogP contribution in [-0.2, 0) is 19.9 Å². The van der Waals surface area contributed by atoms with Gasteiger partial charge in [-0.15, -0.1) is 13.2 Å². The van der Waals surface area contributed by atoms with Crippen LogP contribution in [0.25, 0.3) is 22.5 Å². The molecule has 8 nitrogen and oxygen atoms in total. The van der Waals surface area contributed by atoms with E-state index in [9.17, 15) is 13.2 Å². The number of thiocarbonyl (C=S) groups is 1. The number of para-hydroxylation sites is 1. The van der Waals surface area contributed by atoms with Crippen LogP contribution in [0.15, 0.2) is 53.8 Å². The molecular formula is C27H24F3N7OS. The van der Waals surface area contributed by atoms with Crippen molar-refractivity contribution >= 4 is 29.2 Å². The second-order valence-corrected chi connectivity index (χ2v) is 9.46. The molecule has 4 aromatic rings. The number of aryl methyl sites for hydroxylation is 4. The van der Waals surface area contributed by atoms with E-state index in [1.54, 1.807) is 30.1 Å². The number of hydrazone groups is 1. The molecule has 0 unspecified atom stereocenters. The molecule has 0 fully saturated rings. The van der Waals surface area contributed by atoms with Gasteiger partial charge in [0.1, 0.15) is 5.75 Å². The number of hydrogen-bond donors (Lipinski definition) is 2. The number of aromatic nitrogens is 4. The third kappa shape index (κ3) is 5.75. The summed E-state index contributed by atoms with van der Waals surface area (Å²) in [6.07, 6.45) is -0.198. The predicted molar refractivity (Wildman–Crippen MR) is 147 cm³/mol. The molecule has 12 heteroatoms. The van der Waals surface area contributed by atoms with Gasteiger partial charge in [-0.1, -0.05) is 18.2 Å². The topological polar surface area (TPSA) is 89.3 Å². The van der Waals surface area contributed by atoms with Gasteiger partial charge < -0.3 is 10.1 Å². The summed E-state index contributed by atoms with van der Waals surface area (Å²) in [5.74, 6) is 0.155. The van der Waals surface area contributed by atoms with Gasteiger partial charge in [-0.2, -0.15) is 10.2 Å². The Morgan fingerprint density at radius 2 is 1.82 bits per heavy atom. The Balaban J connectivity index is 1.31. The van der Waals surface area contributed by atoms with Crippen molar-refractivity contribution in [1.82, 2.24) is 25.2 Å². The predicted octanol–water partition coefficient (Wildman–Crippen LogP) is 5.48. The van der Waals surface area contributed by atoms with Crippen molar-refractivity contribution in [2.24, 2.45) is 12.1 Å². The molecule has 0 aliphatic heterocycles. The molecule has 2 heterocycles. The maximum Gasteiger partial charge on any atom is 0.573 e. The van der Waals surface area contributed by atoms with Crippen LogP contribution in [0.3, 0.4) is 0 Å². The van der Waals surface area contributed by atoms with E-state index >= 15 is 0 Å². The second-order valence-electron chi connectivity index (χ2n) is 9.05. The number of benzene rings is 2. The fourth-order valence-corrected chi connectivity index (χ4v) is 4.78. The maximum absolute atomic E-state index is 12.5. The highest BCUT2D eigenvalue weighted by molar-refractivity contribution is 7.80. The van der Waals surface area contributed by atoms with E-state index < -0.39 is 6.36 Å². The summed E-state index contributed by atoms with van der Waals surface area (Å²) in [6, 6.07) is 11.8. The van der Waals surface area contributed by atoms with E-state index in [4.69, 9.17) is 12.2 Å². The number of fused-ring (bicyclic) bond motifs is 3. The number of hydrogen-bond acceptors (Lipinski definition) is 6. The van der Waals surface area contributed by atoms with Gasteiger partial charge in [0.05, 0.1) is 23.3 Å². The summed E-state index contributed by atoms with van der Waals surface area (Å²) in [6.45, 7) is 4.00. The molecule has 200 valence electrons. The van der Waals surface area contributed by atoms with Crippen LogP contribution in [0.2, 0.25) is 0 Å². The summed E-state index contributed by atoms with van der Waals surface area (Å²) in [5, 5.41) is 12.4. The molecule has 2 aromatic carbocycles. The summed E-state index contributed by atoms with van der Waals surface area (Å²) in [5.41, 5.74) is 10.9. The Bertz CT molecular complexity index is 1560. The van der Waals surface area contributed by atoms with Gasteiger partial charge in [0, 0.05) is 35.6 Å². The number of alkyl halides is 3. The van der Waals surface area contributed by atoms with Crippen molar-refractivity contribution < 1.29 is 17.9 Å². The average Bonchev–Trinajstić information content (AvgIpc) is 3.22. The van der Waals surface area contributed by atoms with Crippen LogP contribution >= 0.6 is 12.2 Å². The smallest absolute Gasteiger partial charge is 0.406 e. The minimum absolute atomic E-state index is 0.272. The molecule has 0 saturated heterocycles. The van der Waals surface area contributed by atoms with Crippen molar-refractivity contribution in [2.45, 2.75) is 33.1 Å². The first-order valence-electron chi connectivity index (χ1n) is 12.0. The van der Waals surface area contributed by atoms with Gasteiger partial charge >= 0.3 is 6.36 Å². The SMILES string of the molecule is Cc1cccc(C)c1NC(=S)N/N=C/c1ncc2c(n1)CCc1c-2nn(C)c1-c1ccc(OC(F)(F)F)cc1. The minimum atomic E-state index is -4.74. The fraction of sp³-hybridized carbons (Fsp3) is 0.222. The zero-order valence-electron chi connectivity index (χ0n) is 21.3. The van der Waals surface area contributed by atoms with Crippen LogP contribution in [0.5, 0.6) is 5.75 Å². The first-order valence-corrected chi connectivity index (χ1v) is 12.4. The lowest BCUT2D eigenvalue weighted by Crippen LogP contribution is -2.25. The lowest BCUT2D eigenvalue weighted by molar-refractivity contribution is -0.274. The van der Waals surface area contributed by atoms with Crippen molar-refractivity contribution in [3.05, 3.63) is 76.9 Å². The number of nitrogens with one attached hydrogen (secondary N) is 2. The standard InChI is InChI=1S/C27H24F3N7OS/c1-15-5-4-6-16(2)23(15)34-26(39)35-32-14-22-31-13-20-21(33-22)12-11-19-24(20)36-37(3)25(19)17-7-9-18(10-8-17)38-27(28,29)30/h4-10,13-14H,11-12H2,1-3H3,(H2,34,35,39)/b32-14+. The van der Waals surface area contributed by atoms with E-state index in [2.05, 4.69) is 35.6 Å². The van der Waals surface area contributed by atoms with Crippen LogP contribution in [0.4, 0.5) is 18.9 Å². The van der Waals surface area contributed by atoms with Crippen molar-refractivity contribution in [3.8, 4) is 28.3 Å². The molecule has 2 N–H and O–H groups in total. The summed E-state index contributed by atoms with van der Waals surface area (Å²) >= 11 is 5.35. The molecule has 0 radical (unpaired) electrons. The molecule has 0 atom stereocenters. The molecule has 2 aromatic heterocycles. The molecule has 39 heavy (non-hydrogen) atoms. The van der Waals surface area contributed by atoms with Crippen LogP contribution in [0.1, 0.15) is 28.2 Å². The molecular weight excluding hydrogens is 527 g/mol. The lowest BCUT2D eigenvalue weighted by atomic mass is 9.91. The third-order valence-electron chi connectivity index (χ3n) is 6.33. The monoisotopic (exact) mass is 551 g/mol. The normalized spacial score (nSPS) is 12.7. The Labute approximate surface area is 227 Å². The Hall–Kier alpha value is -4.32. The van der Waals surface area contributed by atoms with Gasteiger partial charge in [-0.3, -0.25) is 10.1 Å². The van der Waals surface area contributed by atoms with Gasteiger partial charge in [-0.25, -0.2) is 9.97 Å². The summed E-state index contributed by atoms with van der Waals surface area (Å²) in [4.78, 5) is 9.06. The quantitative estimate of drug-likeness (QED) is 0.193. The van der Waals surface area contributed by atoms with Crippen LogP contribution < -0.4 is 15.5 Å². The van der Waals surface area contributed by atoms with Crippen LogP contribution in [-0.4, -0.2) is 37.4 Å². The first kappa shape index (κ1) is 26.3. The van der Waals surface area contributed by atoms with Crippen molar-refractivity contribution in [2.75, 3.05) is 5.32 Å².